The van der Waals surface area contributed by atoms with Crippen LogP contribution in [-0.4, -0.2) is 69.6 Å². The average molecular weight is 523 g/mol. The molecule has 9 nitrogen and oxygen atoms in total. The Morgan fingerprint density at radius 2 is 1.78 bits per heavy atom. The van der Waals surface area contributed by atoms with Gasteiger partial charge in [0.1, 0.15) is 12.1 Å². The van der Waals surface area contributed by atoms with E-state index in [4.69, 9.17) is 4.74 Å². The quantitative estimate of drug-likeness (QED) is 0.206. The van der Waals surface area contributed by atoms with Crippen molar-refractivity contribution in [3.8, 4) is 0 Å². The van der Waals surface area contributed by atoms with E-state index in [9.17, 15) is 29.7 Å². The monoisotopic (exact) mass is 522 g/mol. The van der Waals surface area contributed by atoms with Crippen molar-refractivity contribution in [2.24, 2.45) is 29.6 Å². The van der Waals surface area contributed by atoms with E-state index in [1.54, 1.807) is 26.0 Å². The van der Waals surface area contributed by atoms with E-state index in [0.717, 1.165) is 5.57 Å². The van der Waals surface area contributed by atoms with Gasteiger partial charge in [0, 0.05) is 36.1 Å². The highest BCUT2D eigenvalue weighted by Crippen LogP contribution is 2.29. The number of cyclic esters (lactones) is 1. The summed E-state index contributed by atoms with van der Waals surface area (Å²) in [4.78, 5) is 36.3. The lowest BCUT2D eigenvalue weighted by atomic mass is 9.84. The van der Waals surface area contributed by atoms with Crippen LogP contribution in [0.2, 0.25) is 0 Å². The topological polar surface area (TPSA) is 145 Å². The first-order valence-electron chi connectivity index (χ1n) is 13.4. The minimum absolute atomic E-state index is 0.0549. The van der Waals surface area contributed by atoms with Crippen LogP contribution in [0, 0.1) is 29.6 Å². The van der Waals surface area contributed by atoms with Crippen LogP contribution in [0.15, 0.2) is 23.8 Å². The molecule has 0 aromatic heterocycles. The number of carbonyl (C=O) groups excluding carboxylic acids is 3. The van der Waals surface area contributed by atoms with Gasteiger partial charge in [0.05, 0.1) is 24.2 Å². The zero-order chi connectivity index (χ0) is 28.0. The maximum absolute atomic E-state index is 12.5. The Labute approximate surface area is 220 Å². The molecule has 2 rings (SSSR count). The molecule has 0 aromatic carbocycles. The second kappa shape index (κ2) is 13.5. The Hall–Kier alpha value is -2.23. The summed E-state index contributed by atoms with van der Waals surface area (Å²) in [6.07, 6.45) is 3.58. The Morgan fingerprint density at radius 1 is 1.14 bits per heavy atom. The van der Waals surface area contributed by atoms with Gasteiger partial charge in [0.2, 0.25) is 11.8 Å². The Bertz CT molecular complexity index is 873. The van der Waals surface area contributed by atoms with Crippen molar-refractivity contribution < 1.29 is 34.4 Å². The van der Waals surface area contributed by atoms with Crippen LogP contribution in [0.5, 0.6) is 0 Å². The molecule has 210 valence electrons. The van der Waals surface area contributed by atoms with Crippen LogP contribution in [0.3, 0.4) is 0 Å². The van der Waals surface area contributed by atoms with Crippen molar-refractivity contribution in [1.82, 2.24) is 10.6 Å². The number of hydrogen-bond acceptors (Lipinski definition) is 7. The normalized spacial score (nSPS) is 32.9. The van der Waals surface area contributed by atoms with Crippen LogP contribution >= 0.6 is 0 Å². The molecule has 0 radical (unpaired) electrons. The first kappa shape index (κ1) is 31.0. The third kappa shape index (κ3) is 8.65. The molecule has 0 spiro atoms. The van der Waals surface area contributed by atoms with Crippen LogP contribution in [0.4, 0.5) is 0 Å². The number of nitrogens with one attached hydrogen (secondary N) is 2. The minimum atomic E-state index is -0.882. The van der Waals surface area contributed by atoms with E-state index < -0.39 is 42.3 Å². The van der Waals surface area contributed by atoms with Crippen LogP contribution in [0.25, 0.3) is 0 Å². The number of hydrogen-bond donors (Lipinski definition) is 5. The highest BCUT2D eigenvalue weighted by atomic mass is 16.5. The lowest BCUT2D eigenvalue weighted by Crippen LogP contribution is -2.47. The Kier molecular flexibility index (Phi) is 11.3. The van der Waals surface area contributed by atoms with Crippen molar-refractivity contribution in [3.05, 3.63) is 23.8 Å². The van der Waals surface area contributed by atoms with Crippen molar-refractivity contribution in [2.45, 2.75) is 104 Å². The predicted octanol–water partition coefficient (Wildman–Crippen LogP) is 1.85. The molecule has 9 heteroatoms. The fraction of sp³-hybridized carbons (Fsp3) is 0.750. The number of aliphatic hydroxyl groups excluding tert-OH is 3. The first-order chi connectivity index (χ1) is 17.2. The van der Waals surface area contributed by atoms with Crippen LogP contribution in [-0.2, 0) is 19.1 Å². The second-order valence-electron chi connectivity index (χ2n) is 11.3. The first-order valence-corrected chi connectivity index (χ1v) is 13.4. The maximum Gasteiger partial charge on any atom is 0.311 e. The Morgan fingerprint density at radius 3 is 2.38 bits per heavy atom. The number of aliphatic hydroxyl groups is 3. The summed E-state index contributed by atoms with van der Waals surface area (Å²) in [7, 11) is 0. The molecule has 0 bridgehead atoms. The van der Waals surface area contributed by atoms with Crippen LogP contribution < -0.4 is 10.6 Å². The fourth-order valence-electron chi connectivity index (χ4n) is 5.15. The van der Waals surface area contributed by atoms with Gasteiger partial charge in [-0.05, 0) is 33.6 Å². The van der Waals surface area contributed by atoms with E-state index >= 15 is 0 Å². The largest absolute Gasteiger partial charge is 0.462 e. The van der Waals surface area contributed by atoms with Gasteiger partial charge in [-0.25, -0.2) is 0 Å². The summed E-state index contributed by atoms with van der Waals surface area (Å²) in [6.45, 7) is 12.8. The standard InChI is InChI=1S/C28H46N2O7/c1-14(11-17(4)26(34)30-22-12-18(5)29-27(22)35)10-16(3)24(32)15(2)8-9-21(31)13-23-19(6)25(33)20(7)28(36)37-23/h8-10,15-25,31-33H,11-13H2,1-7H3,(H,29,35)(H,30,34)/b9-8-,14-10-/t15-,16-,17-,18?,19-,20+,21+,22+,23-,24-,25-/m0/s1. The smallest absolute Gasteiger partial charge is 0.311 e. The molecule has 2 fully saturated rings. The summed E-state index contributed by atoms with van der Waals surface area (Å²) >= 11 is 0. The van der Waals surface area contributed by atoms with Gasteiger partial charge in [0.15, 0.2) is 0 Å². The summed E-state index contributed by atoms with van der Waals surface area (Å²) in [5.41, 5.74) is 0.968. The van der Waals surface area contributed by atoms with Gasteiger partial charge in [-0.1, -0.05) is 51.5 Å². The number of rotatable bonds is 11. The van der Waals surface area contributed by atoms with E-state index in [0.29, 0.717) is 12.8 Å². The van der Waals surface area contributed by atoms with Crippen molar-refractivity contribution in [3.63, 3.8) is 0 Å². The van der Waals surface area contributed by atoms with Gasteiger partial charge >= 0.3 is 5.97 Å². The SMILES string of the molecule is C/C(=C/[C@H](C)[C@@H](O)[C@@H](C)/C=C\[C@@H](O)C[C@@H]1OC(=O)[C@H](C)[C@@H](O)[C@H]1C)C[C@H](C)C(=O)N[C@@H]1CC(C)NC1=O. The van der Waals surface area contributed by atoms with Gasteiger partial charge in [-0.15, -0.1) is 0 Å². The van der Waals surface area contributed by atoms with Gasteiger partial charge < -0.3 is 30.7 Å². The average Bonchev–Trinajstić information content (AvgIpc) is 3.14. The van der Waals surface area contributed by atoms with Crippen molar-refractivity contribution >= 4 is 17.8 Å². The molecule has 5 N–H and O–H groups in total. The van der Waals surface area contributed by atoms with E-state index in [-0.39, 0.29) is 47.9 Å². The molecule has 1 unspecified atom stereocenters. The molecule has 0 saturated carbocycles. The van der Waals surface area contributed by atoms with E-state index in [1.165, 1.54) is 0 Å². The zero-order valence-corrected chi connectivity index (χ0v) is 23.2. The van der Waals surface area contributed by atoms with Gasteiger partial charge in [-0.3, -0.25) is 14.4 Å². The van der Waals surface area contributed by atoms with Crippen molar-refractivity contribution in [1.29, 1.82) is 0 Å². The molecular weight excluding hydrogens is 476 g/mol. The predicted molar refractivity (Wildman–Crippen MR) is 140 cm³/mol. The summed E-state index contributed by atoms with van der Waals surface area (Å²) in [5, 5.41) is 37.1. The molecular formula is C28H46N2O7. The molecule has 0 aliphatic carbocycles. The number of ether oxygens (including phenoxy) is 1. The number of esters is 1. The fourth-order valence-corrected chi connectivity index (χ4v) is 5.15. The minimum Gasteiger partial charge on any atom is -0.462 e. The molecule has 2 saturated heterocycles. The highest BCUT2D eigenvalue weighted by molar-refractivity contribution is 5.90. The lowest BCUT2D eigenvalue weighted by Gasteiger charge is -2.36. The van der Waals surface area contributed by atoms with E-state index in [2.05, 4.69) is 10.6 Å². The third-order valence-electron chi connectivity index (χ3n) is 7.70. The summed E-state index contributed by atoms with van der Waals surface area (Å²) < 4.78 is 5.39. The number of allylic oxidation sites excluding steroid dienone is 1. The molecule has 2 aliphatic rings. The van der Waals surface area contributed by atoms with Crippen molar-refractivity contribution in [2.75, 3.05) is 0 Å². The van der Waals surface area contributed by atoms with Crippen LogP contribution in [0.1, 0.15) is 67.7 Å². The lowest BCUT2D eigenvalue weighted by molar-refractivity contribution is -0.179. The molecule has 0 aromatic rings. The summed E-state index contributed by atoms with van der Waals surface area (Å²) in [5.74, 6) is -2.39. The Balaban J connectivity index is 1.84. The maximum atomic E-state index is 12.5. The van der Waals surface area contributed by atoms with Gasteiger partial charge in [0.25, 0.3) is 0 Å². The molecule has 11 atom stereocenters. The molecule has 37 heavy (non-hydrogen) atoms. The molecule has 2 heterocycles. The summed E-state index contributed by atoms with van der Waals surface area (Å²) in [6, 6.07) is -0.431. The highest BCUT2D eigenvalue weighted by Gasteiger charge is 2.40. The number of amides is 2. The van der Waals surface area contributed by atoms with E-state index in [1.807, 2.05) is 40.7 Å². The zero-order valence-electron chi connectivity index (χ0n) is 23.2. The second-order valence-corrected chi connectivity index (χ2v) is 11.3. The molecule has 2 aliphatic heterocycles. The molecule has 2 amide bonds. The van der Waals surface area contributed by atoms with Gasteiger partial charge in [-0.2, -0.15) is 0 Å². The third-order valence-corrected chi connectivity index (χ3v) is 7.70. The number of carbonyl (C=O) groups is 3.